The molecule has 0 spiro atoms. The van der Waals surface area contributed by atoms with Crippen LogP contribution in [0, 0.1) is 0 Å². The maximum absolute atomic E-state index is 13.1. The predicted molar refractivity (Wildman–Crippen MR) is 245 cm³/mol. The van der Waals surface area contributed by atoms with Gasteiger partial charge in [0.25, 0.3) is 0 Å². The Bertz CT molecular complexity index is 1070. The lowest BCUT2D eigenvalue weighted by atomic mass is 10.0. The first-order valence-corrected chi connectivity index (χ1v) is 23.7. The molecule has 0 fully saturated rings. The maximum atomic E-state index is 13.1. The van der Waals surface area contributed by atoms with Crippen LogP contribution in [0.1, 0.15) is 213 Å². The van der Waals surface area contributed by atoms with Crippen molar-refractivity contribution in [2.75, 3.05) is 6.61 Å². The standard InChI is InChI=1S/C51H89NO5/c1-4-7-10-13-16-18-20-22-24-25-26-28-30-32-35-38-41-44-51(56)57-47(42-39-36-33-15-12-9-6-3)45-50(55)52-48(46-53)49(54)43-40-37-34-31-29-27-23-21-19-17-14-11-8-5-2/h7,10,13,16,18,20,22,24-26,28,30,47-49,53-54H,4-6,8-9,11-12,14-15,17,19,21,23,27,29,31-46H2,1-3H3,(H,52,55)/b10-7-,16-13+,20-18+,24-22-,26-25+,30-28+. The second kappa shape index (κ2) is 44.4. The topological polar surface area (TPSA) is 95.9 Å². The van der Waals surface area contributed by atoms with Gasteiger partial charge in [-0.25, -0.2) is 0 Å². The lowest BCUT2D eigenvalue weighted by Crippen LogP contribution is -2.46. The van der Waals surface area contributed by atoms with Gasteiger partial charge in [0, 0.05) is 6.42 Å². The minimum atomic E-state index is -0.795. The van der Waals surface area contributed by atoms with Gasteiger partial charge < -0.3 is 20.3 Å². The van der Waals surface area contributed by atoms with Gasteiger partial charge in [0.2, 0.25) is 5.91 Å². The van der Waals surface area contributed by atoms with Crippen molar-refractivity contribution in [1.29, 1.82) is 0 Å². The Labute approximate surface area is 351 Å². The minimum Gasteiger partial charge on any atom is -0.462 e. The Morgan fingerprint density at radius 3 is 1.42 bits per heavy atom. The summed E-state index contributed by atoms with van der Waals surface area (Å²) in [6.45, 7) is 6.28. The molecule has 0 aromatic carbocycles. The van der Waals surface area contributed by atoms with E-state index in [0.29, 0.717) is 19.3 Å². The molecule has 0 saturated carbocycles. The monoisotopic (exact) mass is 796 g/mol. The molecule has 3 unspecified atom stereocenters. The van der Waals surface area contributed by atoms with Crippen LogP contribution in [0.15, 0.2) is 72.9 Å². The van der Waals surface area contributed by atoms with Crippen LogP contribution in [-0.2, 0) is 14.3 Å². The molecule has 0 aliphatic rings. The number of carbonyl (C=O) groups is 2. The van der Waals surface area contributed by atoms with Crippen molar-refractivity contribution < 1.29 is 24.5 Å². The molecule has 0 aliphatic heterocycles. The van der Waals surface area contributed by atoms with Crippen LogP contribution >= 0.6 is 0 Å². The van der Waals surface area contributed by atoms with Crippen LogP contribution in [-0.4, -0.2) is 46.9 Å². The van der Waals surface area contributed by atoms with Gasteiger partial charge in [0.15, 0.2) is 0 Å². The van der Waals surface area contributed by atoms with Gasteiger partial charge in [-0.15, -0.1) is 0 Å². The van der Waals surface area contributed by atoms with Crippen LogP contribution in [0.4, 0.5) is 0 Å². The summed E-state index contributed by atoms with van der Waals surface area (Å²) in [6, 6.07) is -0.710. The van der Waals surface area contributed by atoms with Crippen molar-refractivity contribution in [2.45, 2.75) is 232 Å². The van der Waals surface area contributed by atoms with Crippen molar-refractivity contribution >= 4 is 11.9 Å². The molecule has 1 amide bonds. The Kier molecular flexibility index (Phi) is 42.3. The van der Waals surface area contributed by atoms with Gasteiger partial charge in [-0.3, -0.25) is 9.59 Å². The highest BCUT2D eigenvalue weighted by Crippen LogP contribution is 2.17. The second-order valence-corrected chi connectivity index (χ2v) is 15.9. The number of allylic oxidation sites excluding steroid dienone is 12. The molecular formula is C51H89NO5. The molecular weight excluding hydrogens is 707 g/mol. The van der Waals surface area contributed by atoms with Crippen molar-refractivity contribution in [3.8, 4) is 0 Å². The SMILES string of the molecule is CC\C=C/C=C/C=C/C=C\C=C\C=C\CCCCCC(=O)OC(CCCCCCCCC)CC(=O)NC(CO)C(O)CCCCCCCCCCCCCCCC. The summed E-state index contributed by atoms with van der Waals surface area (Å²) < 4.78 is 5.86. The largest absolute Gasteiger partial charge is 0.462 e. The second-order valence-electron chi connectivity index (χ2n) is 15.9. The van der Waals surface area contributed by atoms with Gasteiger partial charge in [-0.2, -0.15) is 0 Å². The van der Waals surface area contributed by atoms with Crippen molar-refractivity contribution in [3.05, 3.63) is 72.9 Å². The third-order valence-corrected chi connectivity index (χ3v) is 10.5. The van der Waals surface area contributed by atoms with E-state index in [4.69, 9.17) is 4.74 Å². The summed E-state index contributed by atoms with van der Waals surface area (Å²) in [5.41, 5.74) is 0. The van der Waals surface area contributed by atoms with E-state index >= 15 is 0 Å². The molecule has 0 aromatic rings. The van der Waals surface area contributed by atoms with E-state index in [1.807, 2.05) is 54.7 Å². The van der Waals surface area contributed by atoms with Gasteiger partial charge in [0.05, 0.1) is 25.2 Å². The zero-order valence-corrected chi connectivity index (χ0v) is 37.2. The maximum Gasteiger partial charge on any atom is 0.306 e. The molecule has 3 N–H and O–H groups in total. The van der Waals surface area contributed by atoms with Gasteiger partial charge in [0.1, 0.15) is 6.10 Å². The number of esters is 1. The van der Waals surface area contributed by atoms with Gasteiger partial charge in [-0.05, 0) is 44.9 Å². The normalized spacial score (nSPS) is 14.0. The lowest BCUT2D eigenvalue weighted by Gasteiger charge is -2.24. The first-order valence-electron chi connectivity index (χ1n) is 23.7. The summed E-state index contributed by atoms with van der Waals surface area (Å²) in [4.78, 5) is 25.9. The first-order chi connectivity index (χ1) is 28.0. The smallest absolute Gasteiger partial charge is 0.306 e. The van der Waals surface area contributed by atoms with Crippen molar-refractivity contribution in [1.82, 2.24) is 5.32 Å². The molecule has 3 atom stereocenters. The number of hydrogen-bond acceptors (Lipinski definition) is 5. The van der Waals surface area contributed by atoms with E-state index in [2.05, 4.69) is 44.3 Å². The van der Waals surface area contributed by atoms with Gasteiger partial charge in [-0.1, -0.05) is 229 Å². The number of aliphatic hydroxyl groups excluding tert-OH is 2. The van der Waals surface area contributed by atoms with Crippen LogP contribution < -0.4 is 5.32 Å². The Hall–Kier alpha value is -2.70. The van der Waals surface area contributed by atoms with Crippen LogP contribution in [0.2, 0.25) is 0 Å². The molecule has 6 nitrogen and oxygen atoms in total. The summed E-state index contributed by atoms with van der Waals surface area (Å²) in [5, 5.41) is 23.6. The number of carbonyl (C=O) groups excluding carboxylic acids is 2. The molecule has 0 saturated heterocycles. The number of nitrogens with one attached hydrogen (secondary N) is 1. The van der Waals surface area contributed by atoms with E-state index in [-0.39, 0.29) is 24.9 Å². The zero-order chi connectivity index (χ0) is 41.7. The number of amides is 1. The summed E-state index contributed by atoms with van der Waals surface area (Å²) in [5.74, 6) is -0.533. The summed E-state index contributed by atoms with van der Waals surface area (Å²) >= 11 is 0. The number of aliphatic hydroxyl groups is 2. The van der Waals surface area contributed by atoms with Crippen molar-refractivity contribution in [3.63, 3.8) is 0 Å². The quantitative estimate of drug-likeness (QED) is 0.0325. The molecule has 6 heteroatoms. The van der Waals surface area contributed by atoms with E-state index in [1.165, 1.54) is 96.3 Å². The first kappa shape index (κ1) is 54.3. The highest BCUT2D eigenvalue weighted by Gasteiger charge is 2.24. The highest BCUT2D eigenvalue weighted by molar-refractivity contribution is 5.77. The third-order valence-electron chi connectivity index (χ3n) is 10.5. The molecule has 0 radical (unpaired) electrons. The van der Waals surface area contributed by atoms with E-state index in [9.17, 15) is 19.8 Å². The van der Waals surface area contributed by atoms with E-state index in [1.54, 1.807) is 0 Å². The average Bonchev–Trinajstić information content (AvgIpc) is 3.20. The average molecular weight is 796 g/mol. The van der Waals surface area contributed by atoms with Crippen LogP contribution in [0.5, 0.6) is 0 Å². The minimum absolute atomic E-state index is 0.0567. The fraction of sp³-hybridized carbons (Fsp3) is 0.725. The highest BCUT2D eigenvalue weighted by atomic mass is 16.5. The summed E-state index contributed by atoms with van der Waals surface area (Å²) in [6.07, 6.45) is 55.4. The van der Waals surface area contributed by atoms with Gasteiger partial charge >= 0.3 is 5.97 Å². The van der Waals surface area contributed by atoms with Crippen molar-refractivity contribution in [2.24, 2.45) is 0 Å². The third kappa shape index (κ3) is 39.9. The number of unbranched alkanes of at least 4 members (excludes halogenated alkanes) is 22. The Morgan fingerprint density at radius 1 is 0.526 bits per heavy atom. The fourth-order valence-corrected chi connectivity index (χ4v) is 6.87. The summed E-state index contributed by atoms with van der Waals surface area (Å²) in [7, 11) is 0. The van der Waals surface area contributed by atoms with E-state index < -0.39 is 18.2 Å². The molecule has 328 valence electrons. The molecule has 0 heterocycles. The molecule has 0 bridgehead atoms. The Balaban J connectivity index is 4.50. The predicted octanol–water partition coefficient (Wildman–Crippen LogP) is 13.8. The lowest BCUT2D eigenvalue weighted by molar-refractivity contribution is -0.151. The van der Waals surface area contributed by atoms with E-state index in [0.717, 1.165) is 70.6 Å². The molecule has 0 aromatic heterocycles. The number of ether oxygens (including phenoxy) is 1. The number of rotatable bonds is 41. The number of hydrogen-bond donors (Lipinski definition) is 3. The zero-order valence-electron chi connectivity index (χ0n) is 37.2. The molecule has 0 aliphatic carbocycles. The fourth-order valence-electron chi connectivity index (χ4n) is 6.87. The molecule has 0 rings (SSSR count). The Morgan fingerprint density at radius 2 is 0.947 bits per heavy atom. The van der Waals surface area contributed by atoms with Crippen LogP contribution in [0.25, 0.3) is 0 Å². The molecule has 57 heavy (non-hydrogen) atoms. The van der Waals surface area contributed by atoms with Crippen LogP contribution in [0.3, 0.4) is 0 Å².